The molecule has 3 heteroatoms. The van der Waals surface area contributed by atoms with Crippen LogP contribution >= 0.6 is 0 Å². The lowest BCUT2D eigenvalue weighted by Gasteiger charge is -2.33. The Morgan fingerprint density at radius 2 is 2.08 bits per heavy atom. The normalized spacial score (nSPS) is 30.4. The molecule has 0 aromatic carbocycles. The Bertz CT molecular complexity index is 136. The minimum absolute atomic E-state index is 0.160. The summed E-state index contributed by atoms with van der Waals surface area (Å²) >= 11 is 0. The first kappa shape index (κ1) is 11.4. The lowest BCUT2D eigenvalue weighted by Crippen LogP contribution is -2.43. The molecule has 1 saturated heterocycles. The van der Waals surface area contributed by atoms with Gasteiger partial charge in [0.2, 0.25) is 0 Å². The molecule has 1 heterocycles. The minimum Gasteiger partial charge on any atom is -0.395 e. The number of likely N-dealkylation sites (N-methyl/N-ethyl adjacent to an activating group) is 1. The number of aliphatic hydroxyl groups is 2. The Labute approximate surface area is 74.0 Å². The third kappa shape index (κ3) is 3.22. The Morgan fingerprint density at radius 3 is 2.50 bits per heavy atom. The maximum Gasteiger partial charge on any atom is 0.0587 e. The van der Waals surface area contributed by atoms with E-state index < -0.39 is 0 Å². The first-order valence-electron chi connectivity index (χ1n) is 4.06. The lowest BCUT2D eigenvalue weighted by atomic mass is 10.0. The van der Waals surface area contributed by atoms with Crippen LogP contribution in [-0.4, -0.2) is 47.5 Å². The van der Waals surface area contributed by atoms with Crippen LogP contribution in [0.3, 0.4) is 0 Å². The predicted octanol–water partition coefficient (Wildman–Crippen LogP) is -0.317. The molecular formula is C9H17NO2. The van der Waals surface area contributed by atoms with Crippen molar-refractivity contribution in [3.8, 4) is 12.8 Å². The number of hydrogen-bond donors (Lipinski definition) is 2. The second-order valence-electron chi connectivity index (χ2n) is 3.00. The van der Waals surface area contributed by atoms with Crippen molar-refractivity contribution in [2.45, 2.75) is 25.0 Å². The quantitative estimate of drug-likeness (QED) is 0.532. The fourth-order valence-corrected chi connectivity index (χ4v) is 1.36. The molecule has 1 rings (SSSR count). The van der Waals surface area contributed by atoms with Gasteiger partial charge in [0.05, 0.1) is 12.7 Å². The molecule has 2 atom stereocenters. The van der Waals surface area contributed by atoms with Gasteiger partial charge >= 0.3 is 0 Å². The summed E-state index contributed by atoms with van der Waals surface area (Å²) in [6.45, 7) is 1.06. The summed E-state index contributed by atoms with van der Waals surface area (Å²) in [5, 5.41) is 18.0. The van der Waals surface area contributed by atoms with Crippen LogP contribution < -0.4 is 0 Å². The van der Waals surface area contributed by atoms with Gasteiger partial charge in [-0.05, 0) is 19.9 Å². The van der Waals surface area contributed by atoms with Crippen molar-refractivity contribution in [3.63, 3.8) is 0 Å². The van der Waals surface area contributed by atoms with Crippen LogP contribution in [0, 0.1) is 12.8 Å². The van der Waals surface area contributed by atoms with E-state index in [-0.39, 0.29) is 18.8 Å². The van der Waals surface area contributed by atoms with Gasteiger partial charge in [-0.15, -0.1) is 12.8 Å². The van der Waals surface area contributed by atoms with E-state index in [1.54, 1.807) is 0 Å². The molecule has 0 spiro atoms. The molecule has 2 N–H and O–H groups in total. The molecule has 1 aliphatic rings. The first-order chi connectivity index (χ1) is 5.74. The van der Waals surface area contributed by atoms with Crippen molar-refractivity contribution in [2.24, 2.45) is 0 Å². The summed E-state index contributed by atoms with van der Waals surface area (Å²) in [7, 11) is 1.98. The van der Waals surface area contributed by atoms with Gasteiger partial charge in [0.1, 0.15) is 0 Å². The van der Waals surface area contributed by atoms with E-state index in [0.29, 0.717) is 6.42 Å². The molecule has 12 heavy (non-hydrogen) atoms. The smallest absolute Gasteiger partial charge is 0.0587 e. The average Bonchev–Trinajstić information content (AvgIpc) is 2.13. The number of piperidine rings is 1. The summed E-state index contributed by atoms with van der Waals surface area (Å²) in [6.07, 6.45) is 9.35. The topological polar surface area (TPSA) is 43.7 Å². The maximum atomic E-state index is 9.19. The Morgan fingerprint density at radius 1 is 1.50 bits per heavy atom. The van der Waals surface area contributed by atoms with Crippen LogP contribution in [0.1, 0.15) is 12.8 Å². The molecule has 1 fully saturated rings. The van der Waals surface area contributed by atoms with E-state index >= 15 is 0 Å². The van der Waals surface area contributed by atoms with Crippen LogP contribution in [0.4, 0.5) is 0 Å². The first-order valence-corrected chi connectivity index (χ1v) is 4.06. The predicted molar refractivity (Wildman–Crippen MR) is 48.6 cm³/mol. The highest BCUT2D eigenvalue weighted by Crippen LogP contribution is 2.14. The lowest BCUT2D eigenvalue weighted by molar-refractivity contribution is 0.0307. The van der Waals surface area contributed by atoms with E-state index in [9.17, 15) is 5.11 Å². The van der Waals surface area contributed by atoms with Gasteiger partial charge < -0.3 is 15.1 Å². The molecule has 0 unspecified atom stereocenters. The second kappa shape index (κ2) is 6.01. The van der Waals surface area contributed by atoms with E-state index in [4.69, 9.17) is 5.11 Å². The van der Waals surface area contributed by atoms with Gasteiger partial charge in [0.25, 0.3) is 0 Å². The standard InChI is InChI=1S/C7H15NO2.C2H2/c1-8-3-2-7(10)4-6(8)5-9;1-2/h6-7,9-10H,2-5H2,1H3;1-2H/t6-,7+;/m1./s1. The van der Waals surface area contributed by atoms with Crippen molar-refractivity contribution >= 4 is 0 Å². The number of rotatable bonds is 1. The van der Waals surface area contributed by atoms with Gasteiger partial charge in [-0.2, -0.15) is 0 Å². The van der Waals surface area contributed by atoms with Crippen molar-refractivity contribution < 1.29 is 10.2 Å². The molecule has 0 radical (unpaired) electrons. The monoisotopic (exact) mass is 171 g/mol. The van der Waals surface area contributed by atoms with E-state index in [1.165, 1.54) is 0 Å². The average molecular weight is 171 g/mol. The number of likely N-dealkylation sites (tertiary alicyclic amines) is 1. The zero-order valence-corrected chi connectivity index (χ0v) is 7.48. The molecule has 3 nitrogen and oxygen atoms in total. The fraction of sp³-hybridized carbons (Fsp3) is 0.778. The molecule has 1 aliphatic heterocycles. The number of nitrogens with zero attached hydrogens (tertiary/aromatic N) is 1. The van der Waals surface area contributed by atoms with Crippen LogP contribution in [0.25, 0.3) is 0 Å². The van der Waals surface area contributed by atoms with Crippen LogP contribution in [0.5, 0.6) is 0 Å². The van der Waals surface area contributed by atoms with Crippen molar-refractivity contribution in [2.75, 3.05) is 20.2 Å². The van der Waals surface area contributed by atoms with Gasteiger partial charge in [-0.1, -0.05) is 0 Å². The van der Waals surface area contributed by atoms with Crippen LogP contribution in [0.15, 0.2) is 0 Å². The molecule has 0 saturated carbocycles. The molecular weight excluding hydrogens is 154 g/mol. The number of terminal acetylenes is 1. The second-order valence-corrected chi connectivity index (χ2v) is 3.00. The van der Waals surface area contributed by atoms with Crippen LogP contribution in [-0.2, 0) is 0 Å². The van der Waals surface area contributed by atoms with E-state index in [0.717, 1.165) is 13.0 Å². The summed E-state index contributed by atoms with van der Waals surface area (Å²) in [4.78, 5) is 2.09. The zero-order valence-electron chi connectivity index (χ0n) is 7.48. The van der Waals surface area contributed by atoms with Gasteiger partial charge in [-0.25, -0.2) is 0 Å². The molecule has 0 amide bonds. The Kier molecular flexibility index (Phi) is 5.73. The highest BCUT2D eigenvalue weighted by atomic mass is 16.3. The summed E-state index contributed by atoms with van der Waals surface area (Å²) < 4.78 is 0. The number of hydrogen-bond acceptors (Lipinski definition) is 3. The highest BCUT2D eigenvalue weighted by Gasteiger charge is 2.23. The molecule has 0 aromatic heterocycles. The summed E-state index contributed by atoms with van der Waals surface area (Å²) in [6, 6.07) is 0.170. The van der Waals surface area contributed by atoms with Gasteiger partial charge in [-0.3, -0.25) is 0 Å². The van der Waals surface area contributed by atoms with E-state index in [1.807, 2.05) is 7.05 Å². The van der Waals surface area contributed by atoms with Gasteiger partial charge in [0, 0.05) is 12.6 Å². The molecule has 0 aliphatic carbocycles. The maximum absolute atomic E-state index is 9.19. The van der Waals surface area contributed by atoms with Crippen molar-refractivity contribution in [3.05, 3.63) is 0 Å². The molecule has 70 valence electrons. The van der Waals surface area contributed by atoms with Crippen LogP contribution in [0.2, 0.25) is 0 Å². The third-order valence-corrected chi connectivity index (χ3v) is 2.19. The zero-order chi connectivity index (χ0) is 9.56. The summed E-state index contributed by atoms with van der Waals surface area (Å²) in [5.41, 5.74) is 0. The minimum atomic E-state index is -0.201. The Balaban J connectivity index is 0.000000561. The largest absolute Gasteiger partial charge is 0.395 e. The fourth-order valence-electron chi connectivity index (χ4n) is 1.36. The summed E-state index contributed by atoms with van der Waals surface area (Å²) in [5.74, 6) is 0. The van der Waals surface area contributed by atoms with Crippen molar-refractivity contribution in [1.29, 1.82) is 0 Å². The van der Waals surface area contributed by atoms with Gasteiger partial charge in [0.15, 0.2) is 0 Å². The highest BCUT2D eigenvalue weighted by molar-refractivity contribution is 4.78. The molecule has 0 aromatic rings. The van der Waals surface area contributed by atoms with Crippen molar-refractivity contribution in [1.82, 2.24) is 4.90 Å². The third-order valence-electron chi connectivity index (χ3n) is 2.19. The number of aliphatic hydroxyl groups excluding tert-OH is 2. The molecule has 0 bridgehead atoms. The SMILES string of the molecule is C#C.CN1CC[C@H](O)C[C@@H]1CO. The van der Waals surface area contributed by atoms with E-state index in [2.05, 4.69) is 17.7 Å². The Hall–Kier alpha value is -0.560.